The molecule has 5 heterocycles. The lowest BCUT2D eigenvalue weighted by Gasteiger charge is -2.47. The van der Waals surface area contributed by atoms with Gasteiger partial charge in [-0.2, -0.15) is 5.10 Å². The Labute approximate surface area is 144 Å². The molecule has 3 aliphatic rings. The lowest BCUT2D eigenvalue weighted by atomic mass is 9.73. The molecule has 1 amide bonds. The minimum atomic E-state index is -0.423. The zero-order valence-corrected chi connectivity index (χ0v) is 14.5. The molecule has 5 rings (SSSR count). The third-order valence-electron chi connectivity index (χ3n) is 5.14. The normalized spacial score (nSPS) is 25.6. The van der Waals surface area contributed by atoms with Crippen molar-refractivity contribution < 1.29 is 9.53 Å². The van der Waals surface area contributed by atoms with Crippen LogP contribution in [0.3, 0.4) is 0 Å². The molecule has 0 saturated carbocycles. The second-order valence-corrected chi connectivity index (χ2v) is 7.58. The summed E-state index contributed by atoms with van der Waals surface area (Å²) in [6.45, 7) is 3.88. The van der Waals surface area contributed by atoms with Crippen LogP contribution in [0, 0.1) is 5.41 Å². The molecule has 2 aromatic heterocycles. The molecule has 128 valence electrons. The largest absolute Gasteiger partial charge is 0.449 e. The number of anilines is 1. The summed E-state index contributed by atoms with van der Waals surface area (Å²) in [5.74, 6) is 0.536. The van der Waals surface area contributed by atoms with Gasteiger partial charge in [0.2, 0.25) is 0 Å². The maximum Gasteiger partial charge on any atom is 0.412 e. The van der Waals surface area contributed by atoms with Crippen molar-refractivity contribution in [3.63, 3.8) is 0 Å². The molecule has 0 aromatic carbocycles. The summed E-state index contributed by atoms with van der Waals surface area (Å²) >= 11 is 1.47. The van der Waals surface area contributed by atoms with Crippen LogP contribution in [-0.2, 0) is 11.8 Å². The fourth-order valence-electron chi connectivity index (χ4n) is 3.54. The van der Waals surface area contributed by atoms with Crippen molar-refractivity contribution in [1.29, 1.82) is 0 Å². The minimum absolute atomic E-state index is 0.181. The Bertz CT molecular complexity index is 719. The van der Waals surface area contributed by atoms with Crippen LogP contribution in [0.15, 0.2) is 17.9 Å². The number of amides is 1. The fraction of sp³-hybridized carbons (Fsp3) is 0.562. The van der Waals surface area contributed by atoms with Crippen molar-refractivity contribution in [3.05, 3.63) is 17.9 Å². The summed E-state index contributed by atoms with van der Waals surface area (Å²) in [4.78, 5) is 19.8. The molecule has 24 heavy (non-hydrogen) atoms. The number of hydrogen-bond donors (Lipinski definition) is 1. The predicted octanol–water partition coefficient (Wildman–Crippen LogP) is 2.58. The predicted molar refractivity (Wildman–Crippen MR) is 92.0 cm³/mol. The molecule has 2 bridgehead atoms. The highest BCUT2D eigenvalue weighted by Crippen LogP contribution is 2.40. The Balaban J connectivity index is 1.38. The summed E-state index contributed by atoms with van der Waals surface area (Å²) in [6.07, 6.45) is 6.61. The first kappa shape index (κ1) is 15.6. The van der Waals surface area contributed by atoms with Gasteiger partial charge in [-0.3, -0.25) is 10.00 Å². The van der Waals surface area contributed by atoms with E-state index >= 15 is 0 Å². The number of nitrogens with one attached hydrogen (secondary N) is 1. The summed E-state index contributed by atoms with van der Waals surface area (Å²) in [6, 6.07) is 0. The molecule has 1 N–H and O–H groups in total. The van der Waals surface area contributed by atoms with Gasteiger partial charge >= 0.3 is 6.09 Å². The lowest BCUT2D eigenvalue weighted by molar-refractivity contribution is -0.0190. The second kappa shape index (κ2) is 6.18. The van der Waals surface area contributed by atoms with Gasteiger partial charge in [0.25, 0.3) is 0 Å². The number of hydrogen-bond acceptors (Lipinski definition) is 6. The minimum Gasteiger partial charge on any atom is -0.449 e. The van der Waals surface area contributed by atoms with Crippen molar-refractivity contribution in [2.24, 2.45) is 12.5 Å². The number of aromatic nitrogens is 3. The summed E-state index contributed by atoms with van der Waals surface area (Å²) in [7, 11) is 1.86. The Hall–Kier alpha value is -1.93. The molecule has 3 fully saturated rings. The van der Waals surface area contributed by atoms with E-state index in [1.54, 1.807) is 16.4 Å². The van der Waals surface area contributed by atoms with Crippen LogP contribution in [0.1, 0.15) is 19.3 Å². The van der Waals surface area contributed by atoms with E-state index < -0.39 is 6.09 Å². The van der Waals surface area contributed by atoms with Gasteiger partial charge in [-0.25, -0.2) is 9.78 Å². The van der Waals surface area contributed by atoms with Gasteiger partial charge in [-0.05, 0) is 38.9 Å². The number of nitrogens with zero attached hydrogens (tertiary/aromatic N) is 4. The van der Waals surface area contributed by atoms with E-state index in [2.05, 4.69) is 20.3 Å². The van der Waals surface area contributed by atoms with Gasteiger partial charge < -0.3 is 9.64 Å². The number of piperidine rings is 3. The molecule has 3 saturated heterocycles. The standard InChI is InChI=1S/C16H21N5O2S/c1-20-9-12(8-18-20)13-14(17-11-24-13)19-15(22)23-10-16-2-5-21(6-3-16)7-4-16/h8-9,11H,2-7,10H2,1H3,(H,19,22). The molecular weight excluding hydrogens is 326 g/mol. The number of rotatable bonds is 4. The van der Waals surface area contributed by atoms with E-state index in [1.165, 1.54) is 11.3 Å². The molecule has 0 aliphatic carbocycles. The van der Waals surface area contributed by atoms with Gasteiger partial charge in [-0.1, -0.05) is 0 Å². The highest BCUT2D eigenvalue weighted by molar-refractivity contribution is 7.13. The topological polar surface area (TPSA) is 72.3 Å². The Kier molecular flexibility index (Phi) is 4.01. The van der Waals surface area contributed by atoms with Crippen molar-refractivity contribution >= 4 is 23.2 Å². The van der Waals surface area contributed by atoms with Crippen LogP contribution >= 0.6 is 11.3 Å². The number of fused-ring (bicyclic) bond motifs is 3. The highest BCUT2D eigenvalue weighted by atomic mass is 32.1. The fourth-order valence-corrected chi connectivity index (χ4v) is 4.26. The number of ether oxygens (including phenoxy) is 1. The van der Waals surface area contributed by atoms with Crippen LogP contribution in [-0.4, -0.2) is 52.0 Å². The highest BCUT2D eigenvalue weighted by Gasteiger charge is 2.40. The molecule has 0 unspecified atom stereocenters. The van der Waals surface area contributed by atoms with Crippen molar-refractivity contribution in [1.82, 2.24) is 19.7 Å². The number of carbonyl (C=O) groups excluding carboxylic acids is 1. The molecule has 8 heteroatoms. The third kappa shape index (κ3) is 3.03. The van der Waals surface area contributed by atoms with E-state index in [4.69, 9.17) is 4.74 Å². The van der Waals surface area contributed by atoms with E-state index in [0.717, 1.165) is 49.3 Å². The van der Waals surface area contributed by atoms with E-state index in [9.17, 15) is 4.79 Å². The maximum atomic E-state index is 12.2. The molecule has 0 radical (unpaired) electrons. The number of aryl methyl sites for hydroxylation is 1. The molecule has 2 aromatic rings. The average molecular weight is 347 g/mol. The average Bonchev–Trinajstić information content (AvgIpc) is 3.23. The summed E-state index contributed by atoms with van der Waals surface area (Å²) in [5.41, 5.74) is 2.84. The van der Waals surface area contributed by atoms with Crippen LogP contribution in [0.25, 0.3) is 10.4 Å². The van der Waals surface area contributed by atoms with Crippen LogP contribution in [0.2, 0.25) is 0 Å². The van der Waals surface area contributed by atoms with Gasteiger partial charge in [-0.15, -0.1) is 11.3 Å². The van der Waals surface area contributed by atoms with Crippen molar-refractivity contribution in [2.75, 3.05) is 31.6 Å². The lowest BCUT2D eigenvalue weighted by Crippen LogP contribution is -2.50. The zero-order chi connectivity index (χ0) is 16.6. The van der Waals surface area contributed by atoms with Gasteiger partial charge in [0.15, 0.2) is 5.82 Å². The molecule has 7 nitrogen and oxygen atoms in total. The van der Waals surface area contributed by atoms with Gasteiger partial charge in [0, 0.05) is 24.2 Å². The first-order valence-electron chi connectivity index (χ1n) is 8.22. The van der Waals surface area contributed by atoms with E-state index in [0.29, 0.717) is 12.4 Å². The molecule has 0 atom stereocenters. The Morgan fingerprint density at radius 3 is 2.79 bits per heavy atom. The van der Waals surface area contributed by atoms with E-state index in [1.807, 2.05) is 13.2 Å². The molecule has 0 spiro atoms. The summed E-state index contributed by atoms with van der Waals surface area (Å²) < 4.78 is 7.27. The third-order valence-corrected chi connectivity index (χ3v) is 6.02. The van der Waals surface area contributed by atoms with Crippen molar-refractivity contribution in [2.45, 2.75) is 19.3 Å². The van der Waals surface area contributed by atoms with Crippen LogP contribution in [0.5, 0.6) is 0 Å². The monoisotopic (exact) mass is 347 g/mol. The van der Waals surface area contributed by atoms with Gasteiger partial charge in [0.1, 0.15) is 0 Å². The number of thiazole rings is 1. The Morgan fingerprint density at radius 1 is 1.38 bits per heavy atom. The SMILES string of the molecule is Cn1cc(-c2scnc2NC(=O)OCC23CCN(CC2)CC3)cn1. The van der Waals surface area contributed by atoms with Crippen LogP contribution < -0.4 is 5.32 Å². The first-order chi connectivity index (χ1) is 11.6. The molecule has 3 aliphatic heterocycles. The van der Waals surface area contributed by atoms with Crippen molar-refractivity contribution in [3.8, 4) is 10.4 Å². The second-order valence-electron chi connectivity index (χ2n) is 6.73. The summed E-state index contributed by atoms with van der Waals surface area (Å²) in [5, 5.41) is 6.95. The quantitative estimate of drug-likeness (QED) is 0.920. The van der Waals surface area contributed by atoms with E-state index in [-0.39, 0.29) is 5.41 Å². The van der Waals surface area contributed by atoms with Crippen LogP contribution in [0.4, 0.5) is 10.6 Å². The molecular formula is C16H21N5O2S. The Morgan fingerprint density at radius 2 is 2.12 bits per heavy atom. The van der Waals surface area contributed by atoms with Gasteiger partial charge in [0.05, 0.1) is 23.2 Å². The zero-order valence-electron chi connectivity index (χ0n) is 13.7. The number of carbonyl (C=O) groups is 1. The first-order valence-corrected chi connectivity index (χ1v) is 9.10. The maximum absolute atomic E-state index is 12.2. The smallest absolute Gasteiger partial charge is 0.412 e.